The van der Waals surface area contributed by atoms with Crippen LogP contribution in [0.25, 0.3) is 17.0 Å². The molecule has 0 atom stereocenters. The topological polar surface area (TPSA) is 89.2 Å². The lowest BCUT2D eigenvalue weighted by atomic mass is 10.2. The molecule has 3 heterocycles. The number of fused-ring (bicyclic) bond motifs is 1. The number of hydrogen-bond acceptors (Lipinski definition) is 6. The van der Waals surface area contributed by atoms with Crippen LogP contribution in [0.3, 0.4) is 0 Å². The predicted molar refractivity (Wildman–Crippen MR) is 97.7 cm³/mol. The van der Waals surface area contributed by atoms with Crippen molar-refractivity contribution in [1.82, 2.24) is 19.6 Å². The monoisotopic (exact) mass is 413 g/mol. The minimum atomic E-state index is -4.61. The summed E-state index contributed by atoms with van der Waals surface area (Å²) in [5, 5.41) is 6.51. The Balaban J connectivity index is 2.19. The molecule has 0 radical (unpaired) electrons. The first-order valence-electron chi connectivity index (χ1n) is 8.45. The van der Waals surface area contributed by atoms with Gasteiger partial charge in [-0.15, -0.1) is 0 Å². The summed E-state index contributed by atoms with van der Waals surface area (Å²) in [6, 6.07) is 5.21. The van der Waals surface area contributed by atoms with Crippen molar-refractivity contribution in [3.05, 3.63) is 36.2 Å². The fraction of sp³-hybridized carbons (Fsp3) is 0.353. The first-order chi connectivity index (χ1) is 13.0. The average Bonchev–Trinajstić information content (AvgIpc) is 3.04. The maximum absolute atomic E-state index is 12.9. The molecule has 0 amide bonds. The van der Waals surface area contributed by atoms with Crippen molar-refractivity contribution >= 4 is 21.3 Å². The zero-order chi connectivity index (χ0) is 20.7. The largest absolute Gasteiger partial charge is 0.435 e. The van der Waals surface area contributed by atoms with Gasteiger partial charge in [0.25, 0.3) is 0 Å². The zero-order valence-corrected chi connectivity index (χ0v) is 16.1. The van der Waals surface area contributed by atoms with Crippen molar-refractivity contribution in [3.8, 4) is 11.4 Å². The van der Waals surface area contributed by atoms with Gasteiger partial charge in [-0.25, -0.2) is 22.9 Å². The lowest BCUT2D eigenvalue weighted by Crippen LogP contribution is -2.13. The van der Waals surface area contributed by atoms with E-state index in [0.717, 1.165) is 10.6 Å². The number of sulfone groups is 1. The van der Waals surface area contributed by atoms with Gasteiger partial charge in [0.05, 0.1) is 16.3 Å². The van der Waals surface area contributed by atoms with Crippen LogP contribution in [0.5, 0.6) is 0 Å². The molecule has 1 N–H and O–H groups in total. The minimum absolute atomic E-state index is 0.0308. The van der Waals surface area contributed by atoms with E-state index in [0.29, 0.717) is 5.82 Å². The van der Waals surface area contributed by atoms with Crippen LogP contribution in [0.4, 0.5) is 19.0 Å². The van der Waals surface area contributed by atoms with E-state index < -0.39 is 21.7 Å². The minimum Gasteiger partial charge on any atom is -0.368 e. The van der Waals surface area contributed by atoms with Crippen molar-refractivity contribution in [2.75, 3.05) is 11.1 Å². The number of nitrogens with zero attached hydrogens (tertiary/aromatic N) is 4. The molecule has 0 fully saturated rings. The Morgan fingerprint density at radius 2 is 1.89 bits per heavy atom. The summed E-state index contributed by atoms with van der Waals surface area (Å²) in [4.78, 5) is 8.48. The molecule has 0 unspecified atom stereocenters. The number of anilines is 1. The van der Waals surface area contributed by atoms with E-state index in [9.17, 15) is 21.6 Å². The summed E-state index contributed by atoms with van der Waals surface area (Å²) in [6.07, 6.45) is -3.32. The number of alkyl halides is 3. The molecule has 0 bridgehead atoms. The molecular formula is C17H18F3N5O2S. The van der Waals surface area contributed by atoms with E-state index in [1.807, 2.05) is 13.8 Å². The van der Waals surface area contributed by atoms with Gasteiger partial charge in [-0.1, -0.05) is 6.92 Å². The van der Waals surface area contributed by atoms with E-state index in [2.05, 4.69) is 20.4 Å². The van der Waals surface area contributed by atoms with Gasteiger partial charge in [0.15, 0.2) is 21.2 Å². The third kappa shape index (κ3) is 3.93. The molecule has 11 heteroatoms. The smallest absolute Gasteiger partial charge is 0.368 e. The van der Waals surface area contributed by atoms with Crippen molar-refractivity contribution in [1.29, 1.82) is 0 Å². The molecule has 3 aromatic rings. The highest BCUT2D eigenvalue weighted by Gasteiger charge is 2.34. The quantitative estimate of drug-likeness (QED) is 0.689. The molecule has 150 valence electrons. The van der Waals surface area contributed by atoms with Crippen LogP contribution in [-0.2, 0) is 16.0 Å². The molecule has 0 aromatic carbocycles. The van der Waals surface area contributed by atoms with Gasteiger partial charge in [0, 0.05) is 18.3 Å². The molecule has 0 aliphatic heterocycles. The Labute approximate surface area is 159 Å². The van der Waals surface area contributed by atoms with Crippen LogP contribution < -0.4 is 5.32 Å². The van der Waals surface area contributed by atoms with Crippen molar-refractivity contribution < 1.29 is 21.6 Å². The van der Waals surface area contributed by atoms with E-state index >= 15 is 0 Å². The lowest BCUT2D eigenvalue weighted by molar-refractivity contribution is -0.141. The van der Waals surface area contributed by atoms with Crippen LogP contribution in [0, 0.1) is 0 Å². The van der Waals surface area contributed by atoms with E-state index in [-0.39, 0.29) is 33.7 Å². The van der Waals surface area contributed by atoms with Crippen molar-refractivity contribution in [2.24, 2.45) is 0 Å². The molecular weight excluding hydrogens is 395 g/mol. The molecule has 0 saturated carbocycles. The SMILES string of the molecule is CCS(=O)(=O)c1ccc(NC(C)C)nc1-c1ccn2nc(C(F)(F)F)cc2n1. The summed E-state index contributed by atoms with van der Waals surface area (Å²) in [5.74, 6) is 0.289. The fourth-order valence-corrected chi connectivity index (χ4v) is 3.59. The summed E-state index contributed by atoms with van der Waals surface area (Å²) in [7, 11) is -3.63. The lowest BCUT2D eigenvalue weighted by Gasteiger charge is -2.13. The number of rotatable bonds is 5. The Kier molecular flexibility index (Phi) is 5.04. The Morgan fingerprint density at radius 3 is 2.50 bits per heavy atom. The maximum atomic E-state index is 12.9. The molecule has 0 saturated heterocycles. The highest BCUT2D eigenvalue weighted by Crippen LogP contribution is 2.30. The zero-order valence-electron chi connectivity index (χ0n) is 15.3. The van der Waals surface area contributed by atoms with Gasteiger partial charge in [0.2, 0.25) is 0 Å². The van der Waals surface area contributed by atoms with Gasteiger partial charge < -0.3 is 5.32 Å². The Morgan fingerprint density at radius 1 is 1.18 bits per heavy atom. The van der Waals surface area contributed by atoms with Crippen LogP contribution in [0.1, 0.15) is 26.5 Å². The molecule has 0 aliphatic carbocycles. The Hall–Kier alpha value is -2.69. The maximum Gasteiger partial charge on any atom is 0.435 e. The van der Waals surface area contributed by atoms with Crippen LogP contribution in [0.2, 0.25) is 0 Å². The van der Waals surface area contributed by atoms with E-state index in [4.69, 9.17) is 0 Å². The molecule has 3 aromatic heterocycles. The number of pyridine rings is 1. The Bertz CT molecular complexity index is 1120. The number of nitrogens with one attached hydrogen (secondary N) is 1. The molecule has 3 rings (SSSR count). The summed E-state index contributed by atoms with van der Waals surface area (Å²) < 4.78 is 64.6. The van der Waals surface area contributed by atoms with E-state index in [1.165, 1.54) is 25.3 Å². The first kappa shape index (κ1) is 20.1. The molecule has 0 aliphatic rings. The third-order valence-corrected chi connectivity index (χ3v) is 5.63. The second-order valence-electron chi connectivity index (χ2n) is 6.39. The fourth-order valence-electron chi connectivity index (χ4n) is 2.56. The van der Waals surface area contributed by atoms with Gasteiger partial charge in [-0.3, -0.25) is 0 Å². The predicted octanol–water partition coefficient (Wildman–Crippen LogP) is 3.42. The van der Waals surface area contributed by atoms with Crippen molar-refractivity contribution in [2.45, 2.75) is 37.9 Å². The summed E-state index contributed by atoms with van der Waals surface area (Å²) in [6.45, 7) is 5.29. The average molecular weight is 413 g/mol. The van der Waals surface area contributed by atoms with Gasteiger partial charge in [-0.2, -0.15) is 18.3 Å². The van der Waals surface area contributed by atoms with Gasteiger partial charge >= 0.3 is 6.18 Å². The number of hydrogen-bond donors (Lipinski definition) is 1. The summed E-state index contributed by atoms with van der Waals surface area (Å²) in [5.41, 5.74) is -0.930. The van der Waals surface area contributed by atoms with Crippen LogP contribution in [-0.4, -0.2) is 39.8 Å². The molecule has 7 nitrogen and oxygen atoms in total. The molecule has 0 spiro atoms. The normalized spacial score (nSPS) is 12.7. The first-order valence-corrected chi connectivity index (χ1v) is 10.1. The number of aromatic nitrogens is 4. The van der Waals surface area contributed by atoms with Crippen LogP contribution in [0.15, 0.2) is 35.4 Å². The van der Waals surface area contributed by atoms with E-state index in [1.54, 1.807) is 6.07 Å². The van der Waals surface area contributed by atoms with Gasteiger partial charge in [0.1, 0.15) is 11.5 Å². The molecule has 28 heavy (non-hydrogen) atoms. The highest BCUT2D eigenvalue weighted by molar-refractivity contribution is 7.91. The van der Waals surface area contributed by atoms with Gasteiger partial charge in [-0.05, 0) is 32.0 Å². The highest BCUT2D eigenvalue weighted by atomic mass is 32.2. The standard InChI is InChI=1S/C17H18F3N5O2S/c1-4-28(26,27)12-5-6-14(21-10(2)3)23-16(12)11-7-8-25-15(22-11)9-13(24-25)17(18,19)20/h5-10H,4H2,1-3H3,(H,21,23). The van der Waals surface area contributed by atoms with Crippen molar-refractivity contribution in [3.63, 3.8) is 0 Å². The third-order valence-electron chi connectivity index (χ3n) is 3.87. The second kappa shape index (κ2) is 7.04. The summed E-state index contributed by atoms with van der Waals surface area (Å²) >= 11 is 0. The van der Waals surface area contributed by atoms with Crippen LogP contribution >= 0.6 is 0 Å². The number of halogens is 3. The second-order valence-corrected chi connectivity index (χ2v) is 8.64.